The third-order valence-electron chi connectivity index (χ3n) is 4.94. The Balaban J connectivity index is 0.00000210. The molecule has 1 N–H and O–H groups in total. The Kier molecular flexibility index (Phi) is 6.11. The number of benzene rings is 1. The minimum absolute atomic E-state index is 0. The number of hydrogen-bond acceptors (Lipinski definition) is 4. The molecule has 0 spiro atoms. The van der Waals surface area contributed by atoms with E-state index in [2.05, 4.69) is 10.4 Å². The fourth-order valence-corrected chi connectivity index (χ4v) is 4.74. The van der Waals surface area contributed by atoms with Crippen molar-refractivity contribution in [3.63, 3.8) is 0 Å². The first-order valence-electron chi connectivity index (χ1n) is 8.78. The van der Waals surface area contributed by atoms with E-state index in [-0.39, 0.29) is 18.3 Å². The SMILES string of the molecule is CNC1CCCN(C(=O)c2cc3c(C)nn(-c4ccc(Cl)cc4)c3s2)C1.Cl. The summed E-state index contributed by atoms with van der Waals surface area (Å²) in [5, 5.41) is 9.66. The molecule has 1 saturated heterocycles. The lowest BCUT2D eigenvalue weighted by Crippen LogP contribution is -2.46. The molecule has 5 nitrogen and oxygen atoms in total. The highest BCUT2D eigenvalue weighted by Crippen LogP contribution is 2.31. The van der Waals surface area contributed by atoms with Gasteiger partial charge in [0.15, 0.2) is 0 Å². The maximum atomic E-state index is 13.0. The van der Waals surface area contributed by atoms with Crippen LogP contribution in [-0.4, -0.2) is 46.8 Å². The summed E-state index contributed by atoms with van der Waals surface area (Å²) in [4.78, 5) is 16.7. The maximum Gasteiger partial charge on any atom is 0.264 e. The molecule has 2 aromatic heterocycles. The highest BCUT2D eigenvalue weighted by Gasteiger charge is 2.26. The molecule has 1 unspecified atom stereocenters. The maximum absolute atomic E-state index is 13.0. The van der Waals surface area contributed by atoms with Crippen molar-refractivity contribution in [1.82, 2.24) is 20.0 Å². The van der Waals surface area contributed by atoms with Gasteiger partial charge in [0.2, 0.25) is 0 Å². The zero-order chi connectivity index (χ0) is 18.3. The molecule has 144 valence electrons. The third kappa shape index (κ3) is 3.85. The Hall–Kier alpha value is -1.60. The number of likely N-dealkylation sites (N-methyl/N-ethyl adjacent to an activating group) is 1. The molecular formula is C19H22Cl2N4OS. The summed E-state index contributed by atoms with van der Waals surface area (Å²) < 4.78 is 1.90. The molecule has 4 rings (SSSR count). The molecule has 0 bridgehead atoms. The van der Waals surface area contributed by atoms with E-state index in [4.69, 9.17) is 11.6 Å². The molecule has 3 aromatic rings. The van der Waals surface area contributed by atoms with Crippen molar-refractivity contribution in [2.75, 3.05) is 20.1 Å². The summed E-state index contributed by atoms with van der Waals surface area (Å²) in [7, 11) is 1.96. The minimum Gasteiger partial charge on any atom is -0.336 e. The number of halogens is 2. The second kappa shape index (κ2) is 8.19. The van der Waals surface area contributed by atoms with Crippen molar-refractivity contribution in [2.45, 2.75) is 25.8 Å². The molecule has 0 radical (unpaired) electrons. The fraction of sp³-hybridized carbons (Fsp3) is 0.368. The van der Waals surface area contributed by atoms with Crippen LogP contribution in [0.4, 0.5) is 0 Å². The third-order valence-corrected chi connectivity index (χ3v) is 6.29. The first-order chi connectivity index (χ1) is 12.6. The summed E-state index contributed by atoms with van der Waals surface area (Å²) in [5.41, 5.74) is 1.87. The summed E-state index contributed by atoms with van der Waals surface area (Å²) in [6.45, 7) is 3.58. The van der Waals surface area contributed by atoms with Crippen LogP contribution in [0.25, 0.3) is 15.9 Å². The molecule has 3 heterocycles. The van der Waals surface area contributed by atoms with Gasteiger partial charge in [-0.3, -0.25) is 4.79 Å². The van der Waals surface area contributed by atoms with Gasteiger partial charge < -0.3 is 10.2 Å². The fourth-order valence-electron chi connectivity index (χ4n) is 3.46. The number of aromatic nitrogens is 2. The van der Waals surface area contributed by atoms with E-state index in [0.717, 1.165) is 52.4 Å². The van der Waals surface area contributed by atoms with E-state index in [9.17, 15) is 4.79 Å². The van der Waals surface area contributed by atoms with Crippen LogP contribution in [0.2, 0.25) is 5.02 Å². The van der Waals surface area contributed by atoms with Crippen LogP contribution in [0.1, 0.15) is 28.2 Å². The number of thiophene rings is 1. The summed E-state index contributed by atoms with van der Waals surface area (Å²) in [6, 6.07) is 9.96. The molecular weight excluding hydrogens is 403 g/mol. The van der Waals surface area contributed by atoms with Crippen molar-refractivity contribution in [3.05, 3.63) is 45.9 Å². The highest BCUT2D eigenvalue weighted by molar-refractivity contribution is 7.20. The predicted octanol–water partition coefficient (Wildman–Crippen LogP) is 4.29. The average molecular weight is 425 g/mol. The minimum atomic E-state index is 0. The largest absolute Gasteiger partial charge is 0.336 e. The number of likely N-dealkylation sites (tertiary alicyclic amines) is 1. The highest BCUT2D eigenvalue weighted by atomic mass is 35.5. The van der Waals surface area contributed by atoms with Gasteiger partial charge >= 0.3 is 0 Å². The van der Waals surface area contributed by atoms with E-state index in [1.165, 1.54) is 11.3 Å². The zero-order valence-corrected chi connectivity index (χ0v) is 17.6. The van der Waals surface area contributed by atoms with Crippen molar-refractivity contribution in [1.29, 1.82) is 0 Å². The number of aryl methyl sites for hydroxylation is 1. The molecule has 1 aliphatic heterocycles. The van der Waals surface area contributed by atoms with Gasteiger partial charge in [-0.15, -0.1) is 23.7 Å². The molecule has 0 saturated carbocycles. The number of piperidine rings is 1. The van der Waals surface area contributed by atoms with E-state index in [1.807, 2.05) is 53.9 Å². The second-order valence-electron chi connectivity index (χ2n) is 6.68. The number of carbonyl (C=O) groups excluding carboxylic acids is 1. The second-order valence-corrected chi connectivity index (χ2v) is 8.15. The monoisotopic (exact) mass is 424 g/mol. The Morgan fingerprint density at radius 2 is 2.07 bits per heavy atom. The Morgan fingerprint density at radius 3 is 2.78 bits per heavy atom. The molecule has 27 heavy (non-hydrogen) atoms. The van der Waals surface area contributed by atoms with Gasteiger partial charge in [0, 0.05) is 29.5 Å². The van der Waals surface area contributed by atoms with Crippen LogP contribution in [-0.2, 0) is 0 Å². The van der Waals surface area contributed by atoms with Crippen molar-refractivity contribution in [2.24, 2.45) is 0 Å². The smallest absolute Gasteiger partial charge is 0.264 e. The summed E-state index contributed by atoms with van der Waals surface area (Å²) in [5.74, 6) is 0.119. The lowest BCUT2D eigenvalue weighted by atomic mass is 10.1. The average Bonchev–Trinajstić information content (AvgIpc) is 3.23. The predicted molar refractivity (Wildman–Crippen MR) is 114 cm³/mol. The van der Waals surface area contributed by atoms with Crippen molar-refractivity contribution < 1.29 is 4.79 Å². The van der Waals surface area contributed by atoms with Crippen LogP contribution in [0.5, 0.6) is 0 Å². The standard InChI is InChI=1S/C19H21ClN4OS.ClH/c1-12-16-10-17(18(25)23-9-3-4-14(11-23)21-2)26-19(16)24(22-12)15-7-5-13(20)6-8-15;/h5-8,10,14,21H,3-4,9,11H2,1-2H3;1H. The van der Waals surface area contributed by atoms with E-state index in [1.54, 1.807) is 0 Å². The molecule has 1 aliphatic rings. The van der Waals surface area contributed by atoms with Crippen LogP contribution in [0.3, 0.4) is 0 Å². The van der Waals surface area contributed by atoms with Gasteiger partial charge in [-0.05, 0) is 57.1 Å². The normalized spacial score (nSPS) is 17.1. The quantitative estimate of drug-likeness (QED) is 0.681. The zero-order valence-electron chi connectivity index (χ0n) is 15.2. The summed E-state index contributed by atoms with van der Waals surface area (Å²) >= 11 is 7.51. The number of nitrogens with one attached hydrogen (secondary N) is 1. The number of nitrogens with zero attached hydrogens (tertiary/aromatic N) is 3. The topological polar surface area (TPSA) is 50.2 Å². The van der Waals surface area contributed by atoms with Gasteiger partial charge in [-0.2, -0.15) is 5.10 Å². The number of carbonyl (C=O) groups is 1. The first kappa shape index (κ1) is 20.1. The number of amides is 1. The number of fused-ring (bicyclic) bond motifs is 1. The molecule has 8 heteroatoms. The van der Waals surface area contributed by atoms with Crippen LogP contribution >= 0.6 is 35.3 Å². The Labute approximate surface area is 173 Å². The summed E-state index contributed by atoms with van der Waals surface area (Å²) in [6.07, 6.45) is 2.16. The van der Waals surface area contributed by atoms with Gasteiger partial charge in [-0.1, -0.05) is 11.6 Å². The molecule has 1 amide bonds. The van der Waals surface area contributed by atoms with Crippen molar-refractivity contribution >= 4 is 51.5 Å². The molecule has 0 aliphatic carbocycles. The lowest BCUT2D eigenvalue weighted by molar-refractivity contribution is 0.0703. The van der Waals surface area contributed by atoms with E-state index >= 15 is 0 Å². The molecule has 1 atom stereocenters. The van der Waals surface area contributed by atoms with Gasteiger partial charge in [-0.25, -0.2) is 4.68 Å². The van der Waals surface area contributed by atoms with Crippen molar-refractivity contribution in [3.8, 4) is 5.69 Å². The van der Waals surface area contributed by atoms with Gasteiger partial charge in [0.05, 0.1) is 16.3 Å². The van der Waals surface area contributed by atoms with Crippen LogP contribution in [0.15, 0.2) is 30.3 Å². The van der Waals surface area contributed by atoms with E-state index < -0.39 is 0 Å². The first-order valence-corrected chi connectivity index (χ1v) is 9.98. The Bertz CT molecular complexity index is 951. The van der Waals surface area contributed by atoms with Gasteiger partial charge in [0.25, 0.3) is 5.91 Å². The number of hydrogen-bond donors (Lipinski definition) is 1. The van der Waals surface area contributed by atoms with E-state index in [0.29, 0.717) is 11.1 Å². The van der Waals surface area contributed by atoms with Crippen LogP contribution < -0.4 is 5.32 Å². The number of rotatable bonds is 3. The van der Waals surface area contributed by atoms with Crippen LogP contribution in [0, 0.1) is 6.92 Å². The molecule has 1 aromatic carbocycles. The molecule has 1 fully saturated rings. The van der Waals surface area contributed by atoms with Gasteiger partial charge in [0.1, 0.15) is 4.83 Å². The lowest BCUT2D eigenvalue weighted by Gasteiger charge is -2.32. The Morgan fingerprint density at radius 1 is 1.33 bits per heavy atom.